The van der Waals surface area contributed by atoms with Gasteiger partial charge in [0.05, 0.1) is 16.2 Å². The van der Waals surface area contributed by atoms with Gasteiger partial charge in [-0.15, -0.1) is 0 Å². The van der Waals surface area contributed by atoms with Gasteiger partial charge < -0.3 is 29.9 Å². The third-order valence-electron chi connectivity index (χ3n) is 5.73. The molecule has 0 aromatic heterocycles. The van der Waals surface area contributed by atoms with E-state index >= 15 is 0 Å². The Kier molecular flexibility index (Phi) is 10.7. The second-order valence-electron chi connectivity index (χ2n) is 8.23. The van der Waals surface area contributed by atoms with Gasteiger partial charge in [0.15, 0.2) is 0 Å². The highest BCUT2D eigenvalue weighted by molar-refractivity contribution is 14.1. The fraction of sp³-hybridized carbons (Fsp3) is 0.385. The van der Waals surface area contributed by atoms with Gasteiger partial charge in [-0.3, -0.25) is 9.59 Å². The van der Waals surface area contributed by atoms with Gasteiger partial charge in [-0.1, -0.05) is 24.3 Å². The van der Waals surface area contributed by atoms with Crippen molar-refractivity contribution < 1.29 is 33.7 Å². The molecule has 0 fully saturated rings. The molecule has 0 bridgehead atoms. The van der Waals surface area contributed by atoms with Gasteiger partial charge in [0.25, 0.3) is 0 Å². The van der Waals surface area contributed by atoms with Crippen molar-refractivity contribution in [2.24, 2.45) is 0 Å². The molecule has 0 spiro atoms. The summed E-state index contributed by atoms with van der Waals surface area (Å²) in [5, 5.41) is 23.1. The number of carbonyl (C=O) groups excluding carboxylic acids is 2. The minimum Gasteiger partial charge on any atom is -0.482 e. The van der Waals surface area contributed by atoms with Crippen LogP contribution >= 0.6 is 22.6 Å². The summed E-state index contributed by atoms with van der Waals surface area (Å²) in [4.78, 5) is 27.5. The molecule has 0 radical (unpaired) electrons. The van der Waals surface area contributed by atoms with E-state index < -0.39 is 30.0 Å². The van der Waals surface area contributed by atoms with Crippen LogP contribution in [-0.4, -0.2) is 71.5 Å². The summed E-state index contributed by atoms with van der Waals surface area (Å²) >= 11 is 2.12. The summed E-state index contributed by atoms with van der Waals surface area (Å²) in [5.41, 5.74) is 0.979. The number of hydrogen-bond donors (Lipinski definition) is 3. The number of rotatable bonds is 11. The van der Waals surface area contributed by atoms with Gasteiger partial charge in [0, 0.05) is 31.7 Å². The Morgan fingerprint density at radius 1 is 1.19 bits per heavy atom. The SMILES string of the molecule is CCOCC(=O)N(Cc1ccc(F)cc1)[C@@H]1CC(C(=O)NCCO)=C[C@H](Oc2ccccc2I)[C@H]1O. The Balaban J connectivity index is 1.96. The molecule has 2 aromatic rings. The quantitative estimate of drug-likeness (QED) is 0.337. The number of aliphatic hydroxyl groups excluding tert-OH is 2. The molecule has 0 saturated heterocycles. The fourth-order valence-electron chi connectivity index (χ4n) is 3.92. The minimum atomic E-state index is -1.17. The van der Waals surface area contributed by atoms with Crippen LogP contribution in [0.15, 0.2) is 60.2 Å². The molecule has 0 saturated carbocycles. The predicted molar refractivity (Wildman–Crippen MR) is 140 cm³/mol. The molecule has 36 heavy (non-hydrogen) atoms. The zero-order chi connectivity index (χ0) is 26.1. The van der Waals surface area contributed by atoms with E-state index in [0.717, 1.165) is 3.57 Å². The second-order valence-corrected chi connectivity index (χ2v) is 9.39. The first-order valence-corrected chi connectivity index (χ1v) is 12.7. The molecule has 0 heterocycles. The molecule has 2 aromatic carbocycles. The number of carbonyl (C=O) groups is 2. The third kappa shape index (κ3) is 7.48. The highest BCUT2D eigenvalue weighted by Gasteiger charge is 2.40. The smallest absolute Gasteiger partial charge is 0.249 e. The average Bonchev–Trinajstić information content (AvgIpc) is 2.88. The molecular weight excluding hydrogens is 582 g/mol. The van der Waals surface area contributed by atoms with E-state index in [4.69, 9.17) is 14.6 Å². The van der Waals surface area contributed by atoms with Crippen LogP contribution in [0.1, 0.15) is 18.9 Å². The van der Waals surface area contributed by atoms with Crippen LogP contribution in [0, 0.1) is 9.39 Å². The summed E-state index contributed by atoms with van der Waals surface area (Å²) in [6, 6.07) is 12.2. The van der Waals surface area contributed by atoms with Crippen molar-refractivity contribution in [2.45, 2.75) is 38.1 Å². The van der Waals surface area contributed by atoms with Crippen LogP contribution in [0.3, 0.4) is 0 Å². The maximum absolute atomic E-state index is 13.5. The predicted octanol–water partition coefficient (Wildman–Crippen LogP) is 2.41. The standard InChI is InChI=1S/C26H30FIN2O6/c1-2-35-16-24(32)30(15-17-7-9-19(27)10-8-17)21-13-18(26(34)29-11-12-31)14-23(25(21)33)36-22-6-4-3-5-20(22)28/h3-10,14,21,23,25,31,33H,2,11-13,15-16H2,1H3,(H,29,34)/t21-,23+,25+/m1/s1. The Bertz CT molecular complexity index is 1060. The monoisotopic (exact) mass is 612 g/mol. The molecular formula is C26H30FIN2O6. The summed E-state index contributed by atoms with van der Waals surface area (Å²) in [6.07, 6.45) is -0.477. The third-order valence-corrected chi connectivity index (χ3v) is 6.62. The fourth-order valence-corrected chi connectivity index (χ4v) is 4.43. The normalized spacial score (nSPS) is 19.4. The number of aliphatic hydroxyl groups is 2. The zero-order valence-corrected chi connectivity index (χ0v) is 22.1. The van der Waals surface area contributed by atoms with E-state index in [2.05, 4.69) is 27.9 Å². The van der Waals surface area contributed by atoms with Gasteiger partial charge >= 0.3 is 0 Å². The zero-order valence-electron chi connectivity index (χ0n) is 19.9. The summed E-state index contributed by atoms with van der Waals surface area (Å²) < 4.78 is 25.7. The molecule has 3 atom stereocenters. The summed E-state index contributed by atoms with van der Waals surface area (Å²) in [6.45, 7) is 1.81. The molecule has 2 amide bonds. The lowest BCUT2D eigenvalue weighted by Gasteiger charge is -2.40. The molecule has 1 aliphatic rings. The first kappa shape index (κ1) is 28.0. The van der Waals surface area contributed by atoms with Crippen LogP contribution in [0.4, 0.5) is 4.39 Å². The number of amides is 2. The highest BCUT2D eigenvalue weighted by atomic mass is 127. The summed E-state index contributed by atoms with van der Waals surface area (Å²) in [5.74, 6) is -0.674. The lowest BCUT2D eigenvalue weighted by atomic mass is 9.88. The molecule has 0 aliphatic heterocycles. The lowest BCUT2D eigenvalue weighted by Crippen LogP contribution is -2.55. The van der Waals surface area contributed by atoms with Gasteiger partial charge in [-0.25, -0.2) is 4.39 Å². The van der Waals surface area contributed by atoms with Crippen molar-refractivity contribution >= 4 is 34.4 Å². The summed E-state index contributed by atoms with van der Waals surface area (Å²) in [7, 11) is 0. The number of nitrogens with one attached hydrogen (secondary N) is 1. The minimum absolute atomic E-state index is 0.0588. The lowest BCUT2D eigenvalue weighted by molar-refractivity contribution is -0.144. The van der Waals surface area contributed by atoms with E-state index in [1.54, 1.807) is 37.3 Å². The molecule has 10 heteroatoms. The van der Waals surface area contributed by atoms with Crippen LogP contribution in [0.5, 0.6) is 5.75 Å². The molecule has 194 valence electrons. The molecule has 3 N–H and O–H groups in total. The van der Waals surface area contributed by atoms with Crippen molar-refractivity contribution in [2.75, 3.05) is 26.4 Å². The number of halogens is 2. The van der Waals surface area contributed by atoms with Crippen molar-refractivity contribution in [3.63, 3.8) is 0 Å². The second kappa shape index (κ2) is 13.7. The average molecular weight is 612 g/mol. The van der Waals surface area contributed by atoms with Gasteiger partial charge in [0.1, 0.15) is 30.4 Å². The Morgan fingerprint density at radius 2 is 1.92 bits per heavy atom. The van der Waals surface area contributed by atoms with Crippen LogP contribution in [-0.2, 0) is 20.9 Å². The number of nitrogens with zero attached hydrogens (tertiary/aromatic N) is 1. The largest absolute Gasteiger partial charge is 0.482 e. The molecule has 3 rings (SSSR count). The van der Waals surface area contributed by atoms with Crippen molar-refractivity contribution in [3.05, 3.63) is 75.1 Å². The maximum atomic E-state index is 13.5. The number of para-hydroxylation sites is 1. The van der Waals surface area contributed by atoms with E-state index in [1.165, 1.54) is 17.0 Å². The first-order valence-electron chi connectivity index (χ1n) is 11.6. The van der Waals surface area contributed by atoms with Crippen LogP contribution in [0.25, 0.3) is 0 Å². The van der Waals surface area contributed by atoms with E-state index in [9.17, 15) is 19.1 Å². The van der Waals surface area contributed by atoms with Gasteiger partial charge in [-0.2, -0.15) is 0 Å². The highest BCUT2D eigenvalue weighted by Crippen LogP contribution is 2.30. The molecule has 0 unspecified atom stereocenters. The first-order chi connectivity index (χ1) is 17.3. The Hall–Kier alpha value is -2.54. The molecule has 1 aliphatic carbocycles. The maximum Gasteiger partial charge on any atom is 0.249 e. The van der Waals surface area contributed by atoms with Crippen molar-refractivity contribution in [3.8, 4) is 5.75 Å². The van der Waals surface area contributed by atoms with E-state index in [1.807, 2.05) is 12.1 Å². The van der Waals surface area contributed by atoms with Gasteiger partial charge in [-0.05, 0) is 65.4 Å². The van der Waals surface area contributed by atoms with Crippen LogP contribution in [0.2, 0.25) is 0 Å². The Labute approximate surface area is 223 Å². The van der Waals surface area contributed by atoms with Crippen molar-refractivity contribution in [1.82, 2.24) is 10.2 Å². The van der Waals surface area contributed by atoms with E-state index in [0.29, 0.717) is 23.5 Å². The number of benzene rings is 2. The van der Waals surface area contributed by atoms with Gasteiger partial charge in [0.2, 0.25) is 11.8 Å². The van der Waals surface area contributed by atoms with E-state index in [-0.39, 0.29) is 38.6 Å². The van der Waals surface area contributed by atoms with Crippen molar-refractivity contribution in [1.29, 1.82) is 0 Å². The topological polar surface area (TPSA) is 108 Å². The Morgan fingerprint density at radius 3 is 2.58 bits per heavy atom. The van der Waals surface area contributed by atoms with Crippen LogP contribution < -0.4 is 10.1 Å². The molecule has 8 nitrogen and oxygen atoms in total. The number of ether oxygens (including phenoxy) is 2. The number of hydrogen-bond acceptors (Lipinski definition) is 6.